The van der Waals surface area contributed by atoms with Crippen LogP contribution in [-0.4, -0.2) is 39.7 Å². The Hall–Kier alpha value is -3.05. The number of hydrogen-bond acceptors (Lipinski definition) is 6. The van der Waals surface area contributed by atoms with Crippen LogP contribution in [0.1, 0.15) is 35.8 Å². The molecule has 0 saturated carbocycles. The minimum atomic E-state index is -4.72. The van der Waals surface area contributed by atoms with Crippen LogP contribution in [0.25, 0.3) is 5.69 Å². The van der Waals surface area contributed by atoms with Gasteiger partial charge < -0.3 is 15.4 Å². The topological polar surface area (TPSA) is 76.9 Å². The second kappa shape index (κ2) is 9.61. The summed E-state index contributed by atoms with van der Waals surface area (Å²) in [6.07, 6.45) is -2.82. The molecule has 11 heteroatoms. The quantitative estimate of drug-likeness (QED) is 0.537. The molecule has 32 heavy (non-hydrogen) atoms. The van der Waals surface area contributed by atoms with E-state index < -0.39 is 18.9 Å². The molecule has 4 rings (SSSR count). The number of benzene rings is 2. The SMILES string of the molecule is FC(F)(F)c1nnnn1-c1ccc(OC[18F])c(CN[C@H]2CCCN[C@H]2c2ccccc2)c1. The third-order valence-electron chi connectivity index (χ3n) is 5.39. The van der Waals surface area contributed by atoms with Crippen molar-refractivity contribution in [1.82, 2.24) is 30.8 Å². The van der Waals surface area contributed by atoms with Crippen LogP contribution < -0.4 is 15.4 Å². The first-order valence-corrected chi connectivity index (χ1v) is 10.2. The number of hydrogen-bond donors (Lipinski definition) is 2. The standard InChI is InChI=1S/C21H22F4N6O/c22-13-32-18-9-8-16(31-20(21(23,24)25)28-29-30-31)11-15(18)12-27-17-7-4-10-26-19(17)14-5-2-1-3-6-14/h1-3,5-6,8-9,11,17,19,26-27H,4,7,10,12-13H2/t17-,19-/m0/s1/i22-1. The van der Waals surface area contributed by atoms with Gasteiger partial charge in [-0.05, 0) is 53.6 Å². The molecule has 1 fully saturated rings. The van der Waals surface area contributed by atoms with E-state index in [2.05, 4.69) is 26.2 Å². The fraction of sp³-hybridized carbons (Fsp3) is 0.381. The number of aromatic nitrogens is 4. The first kappa shape index (κ1) is 22.2. The lowest BCUT2D eigenvalue weighted by Crippen LogP contribution is -2.45. The van der Waals surface area contributed by atoms with Crippen molar-refractivity contribution in [2.24, 2.45) is 0 Å². The van der Waals surface area contributed by atoms with E-state index in [4.69, 9.17) is 4.74 Å². The highest BCUT2D eigenvalue weighted by Crippen LogP contribution is 2.30. The number of nitrogens with zero attached hydrogens (tertiary/aromatic N) is 4. The first-order valence-electron chi connectivity index (χ1n) is 10.2. The summed E-state index contributed by atoms with van der Waals surface area (Å²) < 4.78 is 58.2. The summed E-state index contributed by atoms with van der Waals surface area (Å²) in [6.45, 7) is 0.105. The van der Waals surface area contributed by atoms with Crippen molar-refractivity contribution in [3.05, 3.63) is 65.5 Å². The van der Waals surface area contributed by atoms with Gasteiger partial charge in [0.2, 0.25) is 6.86 Å². The highest BCUT2D eigenvalue weighted by atomic mass is 19.4. The number of nitrogens with one attached hydrogen (secondary N) is 2. The Morgan fingerprint density at radius 3 is 2.72 bits per heavy atom. The highest BCUT2D eigenvalue weighted by molar-refractivity contribution is 5.44. The van der Waals surface area contributed by atoms with Gasteiger partial charge in [0.1, 0.15) is 5.75 Å². The van der Waals surface area contributed by atoms with E-state index in [0.29, 0.717) is 10.2 Å². The molecule has 2 N–H and O–H groups in total. The smallest absolute Gasteiger partial charge is 0.453 e. The summed E-state index contributed by atoms with van der Waals surface area (Å²) in [5.74, 6) is -0.999. The summed E-state index contributed by atoms with van der Waals surface area (Å²) in [4.78, 5) is 0. The average Bonchev–Trinajstić information content (AvgIpc) is 3.30. The van der Waals surface area contributed by atoms with Gasteiger partial charge in [-0.15, -0.1) is 5.10 Å². The molecule has 0 amide bonds. The van der Waals surface area contributed by atoms with Crippen LogP contribution in [0, 0.1) is 0 Å². The fourth-order valence-corrected chi connectivity index (χ4v) is 3.93. The van der Waals surface area contributed by atoms with Crippen molar-refractivity contribution >= 4 is 0 Å². The Balaban J connectivity index is 1.58. The lowest BCUT2D eigenvalue weighted by atomic mass is 9.92. The van der Waals surface area contributed by atoms with E-state index in [1.54, 1.807) is 0 Å². The number of rotatable bonds is 7. The van der Waals surface area contributed by atoms with Gasteiger partial charge in [0.15, 0.2) is 0 Å². The molecule has 3 aromatic rings. The summed E-state index contributed by atoms with van der Waals surface area (Å²) in [5.41, 5.74) is 1.75. The van der Waals surface area contributed by atoms with Gasteiger partial charge >= 0.3 is 6.18 Å². The van der Waals surface area contributed by atoms with Gasteiger partial charge in [0.25, 0.3) is 5.82 Å². The molecule has 7 nitrogen and oxygen atoms in total. The normalized spacial score (nSPS) is 19.1. The molecule has 1 aliphatic rings. The van der Waals surface area contributed by atoms with Crippen LogP contribution in [0.5, 0.6) is 5.75 Å². The molecule has 2 heterocycles. The molecular weight excluding hydrogens is 427 g/mol. The number of tetrazole rings is 1. The monoisotopic (exact) mass is 449 g/mol. The molecule has 2 atom stereocenters. The van der Waals surface area contributed by atoms with E-state index in [1.165, 1.54) is 18.2 Å². The number of piperidine rings is 1. The molecule has 0 bridgehead atoms. The lowest BCUT2D eigenvalue weighted by molar-refractivity contribution is -0.146. The summed E-state index contributed by atoms with van der Waals surface area (Å²) in [5, 5.41) is 16.6. The number of alkyl halides is 4. The predicted molar refractivity (Wildman–Crippen MR) is 108 cm³/mol. The second-order valence-electron chi connectivity index (χ2n) is 7.43. The van der Waals surface area contributed by atoms with Crippen molar-refractivity contribution in [2.75, 3.05) is 13.4 Å². The number of ether oxygens (including phenoxy) is 1. The molecular formula is C21H22F4N6O. The van der Waals surface area contributed by atoms with Crippen molar-refractivity contribution in [3.63, 3.8) is 0 Å². The van der Waals surface area contributed by atoms with E-state index in [1.807, 2.05) is 30.3 Å². The zero-order valence-corrected chi connectivity index (χ0v) is 17.0. The molecule has 0 radical (unpaired) electrons. The van der Waals surface area contributed by atoms with Crippen molar-refractivity contribution in [1.29, 1.82) is 0 Å². The third kappa shape index (κ3) is 4.89. The number of halogens is 4. The molecule has 0 spiro atoms. The van der Waals surface area contributed by atoms with Crippen LogP contribution >= 0.6 is 0 Å². The molecule has 2 aromatic carbocycles. The van der Waals surface area contributed by atoms with E-state index in [0.717, 1.165) is 24.9 Å². The zero-order valence-electron chi connectivity index (χ0n) is 17.0. The van der Waals surface area contributed by atoms with Crippen LogP contribution in [0.2, 0.25) is 0 Å². The average molecular weight is 449 g/mol. The van der Waals surface area contributed by atoms with Crippen LogP contribution in [0.3, 0.4) is 0 Å². The van der Waals surface area contributed by atoms with E-state index in [-0.39, 0.29) is 30.1 Å². The fourth-order valence-electron chi connectivity index (χ4n) is 3.93. The maximum absolute atomic E-state index is 13.2. The Bertz CT molecular complexity index is 1030. The second-order valence-corrected chi connectivity index (χ2v) is 7.43. The molecule has 1 saturated heterocycles. The molecule has 0 unspecified atom stereocenters. The minimum absolute atomic E-state index is 0.0757. The van der Waals surface area contributed by atoms with E-state index >= 15 is 0 Å². The highest BCUT2D eigenvalue weighted by Gasteiger charge is 2.38. The molecule has 0 aliphatic carbocycles. The van der Waals surface area contributed by atoms with Crippen molar-refractivity contribution in [2.45, 2.75) is 37.6 Å². The van der Waals surface area contributed by atoms with Gasteiger partial charge in [-0.1, -0.05) is 30.3 Å². The summed E-state index contributed by atoms with van der Waals surface area (Å²) in [6, 6.07) is 14.4. The zero-order chi connectivity index (χ0) is 22.6. The molecule has 1 aliphatic heterocycles. The van der Waals surface area contributed by atoms with E-state index in [9.17, 15) is 17.6 Å². The van der Waals surface area contributed by atoms with Gasteiger partial charge in [-0.2, -0.15) is 17.9 Å². The maximum atomic E-state index is 13.2. The predicted octanol–water partition coefficient (Wildman–Crippen LogP) is 3.57. The van der Waals surface area contributed by atoms with Gasteiger partial charge in [-0.25, -0.2) is 4.39 Å². The Kier molecular flexibility index (Phi) is 6.66. The minimum Gasteiger partial charge on any atom is -0.463 e. The van der Waals surface area contributed by atoms with Crippen LogP contribution in [0.15, 0.2) is 48.5 Å². The summed E-state index contributed by atoms with van der Waals surface area (Å²) in [7, 11) is 0. The van der Waals surface area contributed by atoms with Gasteiger partial charge in [0, 0.05) is 24.2 Å². The van der Waals surface area contributed by atoms with Gasteiger partial charge in [0.05, 0.1) is 5.69 Å². The van der Waals surface area contributed by atoms with Crippen LogP contribution in [0.4, 0.5) is 17.6 Å². The molecule has 1 aromatic heterocycles. The largest absolute Gasteiger partial charge is 0.463 e. The third-order valence-corrected chi connectivity index (χ3v) is 5.39. The van der Waals surface area contributed by atoms with Crippen LogP contribution in [-0.2, 0) is 12.7 Å². The Labute approximate surface area is 181 Å². The Morgan fingerprint density at radius 2 is 1.97 bits per heavy atom. The Morgan fingerprint density at radius 1 is 1.16 bits per heavy atom. The molecule has 170 valence electrons. The van der Waals surface area contributed by atoms with Crippen molar-refractivity contribution < 1.29 is 22.3 Å². The first-order chi connectivity index (χ1) is 15.5. The summed E-state index contributed by atoms with van der Waals surface area (Å²) >= 11 is 0. The lowest BCUT2D eigenvalue weighted by Gasteiger charge is -2.34. The maximum Gasteiger partial charge on any atom is 0.453 e. The van der Waals surface area contributed by atoms with Gasteiger partial charge in [-0.3, -0.25) is 0 Å². The van der Waals surface area contributed by atoms with Crippen molar-refractivity contribution in [3.8, 4) is 11.4 Å².